The number of carbonyl (C=O) groups is 2. The number of para-hydroxylation sites is 1. The van der Waals surface area contributed by atoms with E-state index in [-0.39, 0.29) is 18.1 Å². The van der Waals surface area contributed by atoms with Crippen LogP contribution in [0.2, 0.25) is 0 Å². The molecule has 0 saturated heterocycles. The van der Waals surface area contributed by atoms with E-state index in [2.05, 4.69) is 10.4 Å². The summed E-state index contributed by atoms with van der Waals surface area (Å²) in [6.07, 6.45) is 2.98. The quantitative estimate of drug-likeness (QED) is 0.661. The van der Waals surface area contributed by atoms with Gasteiger partial charge in [0.1, 0.15) is 0 Å². The molecular weight excluding hydrogens is 330 g/mol. The zero-order valence-corrected chi connectivity index (χ0v) is 15.9. The summed E-state index contributed by atoms with van der Waals surface area (Å²) in [6, 6.07) is 9.77. The van der Waals surface area contributed by atoms with Gasteiger partial charge in [-0.1, -0.05) is 18.2 Å². The van der Waals surface area contributed by atoms with Gasteiger partial charge in [0, 0.05) is 22.9 Å². The van der Waals surface area contributed by atoms with Gasteiger partial charge in [-0.3, -0.25) is 4.79 Å². The third kappa shape index (κ3) is 5.31. The van der Waals surface area contributed by atoms with Crippen LogP contribution in [0.4, 0.5) is 0 Å². The molecule has 6 heteroatoms. The molecule has 0 aliphatic rings. The summed E-state index contributed by atoms with van der Waals surface area (Å²) >= 11 is 0. The lowest BCUT2D eigenvalue weighted by atomic mass is 10.1. The Morgan fingerprint density at radius 3 is 2.46 bits per heavy atom. The van der Waals surface area contributed by atoms with Gasteiger partial charge in [-0.25, -0.2) is 9.48 Å². The molecule has 0 fully saturated rings. The molecule has 0 aliphatic heterocycles. The molecule has 26 heavy (non-hydrogen) atoms. The van der Waals surface area contributed by atoms with Crippen molar-refractivity contribution in [1.29, 1.82) is 0 Å². The van der Waals surface area contributed by atoms with Crippen molar-refractivity contribution in [3.63, 3.8) is 0 Å². The lowest BCUT2D eigenvalue weighted by molar-refractivity contribution is -0.144. The van der Waals surface area contributed by atoms with Crippen LogP contribution in [-0.4, -0.2) is 33.8 Å². The van der Waals surface area contributed by atoms with E-state index in [0.717, 1.165) is 22.6 Å². The molecule has 0 atom stereocenters. The third-order valence-electron chi connectivity index (χ3n) is 3.59. The molecule has 0 aliphatic carbocycles. The Bertz CT molecular complexity index is 815. The highest BCUT2D eigenvalue weighted by molar-refractivity contribution is 5.89. The number of esters is 1. The second-order valence-corrected chi connectivity index (χ2v) is 7.07. The minimum Gasteiger partial charge on any atom is -0.452 e. The number of amides is 1. The molecule has 0 unspecified atom stereocenters. The van der Waals surface area contributed by atoms with Crippen molar-refractivity contribution < 1.29 is 14.3 Å². The molecule has 1 aromatic heterocycles. The van der Waals surface area contributed by atoms with Gasteiger partial charge in [0.15, 0.2) is 6.61 Å². The van der Waals surface area contributed by atoms with Gasteiger partial charge in [0.2, 0.25) is 0 Å². The zero-order chi connectivity index (χ0) is 19.3. The minimum atomic E-state index is -0.569. The number of nitrogens with one attached hydrogen (secondary N) is 1. The van der Waals surface area contributed by atoms with Crippen LogP contribution in [0, 0.1) is 13.8 Å². The summed E-state index contributed by atoms with van der Waals surface area (Å²) in [5.74, 6) is -0.899. The van der Waals surface area contributed by atoms with E-state index in [1.165, 1.54) is 6.08 Å². The highest BCUT2D eigenvalue weighted by Crippen LogP contribution is 2.19. The molecule has 2 rings (SSSR count). The average Bonchev–Trinajstić information content (AvgIpc) is 2.85. The van der Waals surface area contributed by atoms with Crippen LogP contribution >= 0.6 is 0 Å². The van der Waals surface area contributed by atoms with Crippen LogP contribution in [0.5, 0.6) is 0 Å². The lowest BCUT2D eigenvalue weighted by Crippen LogP contribution is -2.42. The fourth-order valence-electron chi connectivity index (χ4n) is 2.51. The Morgan fingerprint density at radius 2 is 1.85 bits per heavy atom. The van der Waals surface area contributed by atoms with Gasteiger partial charge in [-0.2, -0.15) is 5.10 Å². The second kappa shape index (κ2) is 7.99. The standard InChI is InChI=1S/C20H25N3O3/c1-14-17(15(2)23(22-14)16-9-7-6-8-10-16)11-12-19(25)26-13-18(24)21-20(3,4)5/h6-12H,13H2,1-5H3,(H,21,24)/b12-11+. The Labute approximate surface area is 153 Å². The first-order valence-corrected chi connectivity index (χ1v) is 8.45. The molecule has 0 saturated carbocycles. The predicted molar refractivity (Wildman–Crippen MR) is 101 cm³/mol. The summed E-state index contributed by atoms with van der Waals surface area (Å²) in [5, 5.41) is 7.26. The lowest BCUT2D eigenvalue weighted by Gasteiger charge is -2.20. The Kier molecular flexibility index (Phi) is 5.97. The highest BCUT2D eigenvalue weighted by Gasteiger charge is 2.15. The molecule has 0 bridgehead atoms. The number of hydrogen-bond acceptors (Lipinski definition) is 4. The maximum atomic E-state index is 11.9. The smallest absolute Gasteiger partial charge is 0.331 e. The summed E-state index contributed by atoms with van der Waals surface area (Å²) in [4.78, 5) is 23.5. The van der Waals surface area contributed by atoms with E-state index in [9.17, 15) is 9.59 Å². The molecule has 6 nitrogen and oxygen atoms in total. The summed E-state index contributed by atoms with van der Waals surface area (Å²) < 4.78 is 6.81. The first-order chi connectivity index (χ1) is 12.2. The first kappa shape index (κ1) is 19.4. The summed E-state index contributed by atoms with van der Waals surface area (Å²) in [7, 11) is 0. The average molecular weight is 355 g/mol. The number of rotatable bonds is 5. The molecule has 2 aromatic rings. The fraction of sp³-hybridized carbons (Fsp3) is 0.350. The van der Waals surface area contributed by atoms with E-state index in [0.29, 0.717) is 0 Å². The molecule has 0 spiro atoms. The molecule has 1 aromatic carbocycles. The molecule has 1 N–H and O–H groups in total. The van der Waals surface area contributed by atoms with Crippen molar-refractivity contribution in [2.24, 2.45) is 0 Å². The normalized spacial score (nSPS) is 11.6. The van der Waals surface area contributed by atoms with Crippen molar-refractivity contribution in [2.45, 2.75) is 40.2 Å². The fourth-order valence-corrected chi connectivity index (χ4v) is 2.51. The topological polar surface area (TPSA) is 73.2 Å². The Morgan fingerprint density at radius 1 is 1.19 bits per heavy atom. The van der Waals surface area contributed by atoms with Crippen molar-refractivity contribution >= 4 is 18.0 Å². The van der Waals surface area contributed by atoms with E-state index < -0.39 is 5.97 Å². The van der Waals surface area contributed by atoms with Crippen molar-refractivity contribution in [3.8, 4) is 5.69 Å². The maximum absolute atomic E-state index is 11.9. The number of ether oxygens (including phenoxy) is 1. The molecular formula is C20H25N3O3. The van der Waals surface area contributed by atoms with Crippen LogP contribution in [0.1, 0.15) is 37.7 Å². The Hall–Kier alpha value is -2.89. The summed E-state index contributed by atoms with van der Waals surface area (Å²) in [6.45, 7) is 9.11. The van der Waals surface area contributed by atoms with Crippen LogP contribution < -0.4 is 5.32 Å². The van der Waals surface area contributed by atoms with E-state index in [1.54, 1.807) is 6.08 Å². The summed E-state index contributed by atoms with van der Waals surface area (Å²) in [5.41, 5.74) is 3.17. The van der Waals surface area contributed by atoms with Crippen LogP contribution in [0.15, 0.2) is 36.4 Å². The molecule has 1 heterocycles. The zero-order valence-electron chi connectivity index (χ0n) is 15.9. The van der Waals surface area contributed by atoms with Crippen LogP contribution in [-0.2, 0) is 14.3 Å². The van der Waals surface area contributed by atoms with E-state index in [4.69, 9.17) is 4.74 Å². The van der Waals surface area contributed by atoms with Crippen LogP contribution in [0.3, 0.4) is 0 Å². The van der Waals surface area contributed by atoms with Gasteiger partial charge in [-0.15, -0.1) is 0 Å². The Balaban J connectivity index is 2.03. The minimum absolute atomic E-state index is 0.304. The molecule has 138 valence electrons. The monoisotopic (exact) mass is 355 g/mol. The second-order valence-electron chi connectivity index (χ2n) is 7.07. The van der Waals surface area contributed by atoms with Crippen molar-refractivity contribution in [3.05, 3.63) is 53.4 Å². The number of aryl methyl sites for hydroxylation is 1. The predicted octanol–water partition coefficient (Wildman–Crippen LogP) is 2.96. The number of hydrogen-bond donors (Lipinski definition) is 1. The van der Waals surface area contributed by atoms with Gasteiger partial charge < -0.3 is 10.1 Å². The molecule has 0 radical (unpaired) electrons. The highest BCUT2D eigenvalue weighted by atomic mass is 16.5. The third-order valence-corrected chi connectivity index (χ3v) is 3.59. The first-order valence-electron chi connectivity index (χ1n) is 8.45. The molecule has 1 amide bonds. The SMILES string of the molecule is Cc1nn(-c2ccccc2)c(C)c1/C=C/C(=O)OCC(=O)NC(C)(C)C. The van der Waals surface area contributed by atoms with Gasteiger partial charge in [-0.05, 0) is 52.8 Å². The number of nitrogens with zero attached hydrogens (tertiary/aromatic N) is 2. The largest absolute Gasteiger partial charge is 0.452 e. The maximum Gasteiger partial charge on any atom is 0.331 e. The van der Waals surface area contributed by atoms with Crippen molar-refractivity contribution in [2.75, 3.05) is 6.61 Å². The van der Waals surface area contributed by atoms with E-state index in [1.807, 2.05) is 69.6 Å². The number of benzene rings is 1. The van der Waals surface area contributed by atoms with Crippen LogP contribution in [0.25, 0.3) is 11.8 Å². The number of carbonyl (C=O) groups excluding carboxylic acids is 2. The van der Waals surface area contributed by atoms with Gasteiger partial charge in [0.05, 0.1) is 11.4 Å². The number of aromatic nitrogens is 2. The van der Waals surface area contributed by atoms with E-state index >= 15 is 0 Å². The van der Waals surface area contributed by atoms with Crippen molar-refractivity contribution in [1.82, 2.24) is 15.1 Å². The van der Waals surface area contributed by atoms with Gasteiger partial charge >= 0.3 is 5.97 Å². The van der Waals surface area contributed by atoms with Gasteiger partial charge in [0.25, 0.3) is 5.91 Å².